The van der Waals surface area contributed by atoms with E-state index in [0.717, 1.165) is 12.6 Å². The summed E-state index contributed by atoms with van der Waals surface area (Å²) in [5.41, 5.74) is 0. The zero-order chi connectivity index (χ0) is 9.52. The fourth-order valence-electron chi connectivity index (χ4n) is 2.12. The number of nitrogens with zero attached hydrogens (tertiary/aromatic N) is 1. The van der Waals surface area contributed by atoms with Gasteiger partial charge in [0, 0.05) is 12.6 Å². The van der Waals surface area contributed by atoms with E-state index in [1.54, 1.807) is 0 Å². The van der Waals surface area contributed by atoms with Crippen molar-refractivity contribution in [2.45, 2.75) is 51.5 Å². The second kappa shape index (κ2) is 6.20. The Morgan fingerprint density at radius 3 is 2.31 bits per heavy atom. The van der Waals surface area contributed by atoms with Crippen LogP contribution in [-0.4, -0.2) is 24.5 Å². The maximum Gasteiger partial charge on any atom is 0.0162 e. The minimum absolute atomic E-state index is 0.846. The standard InChI is InChI=1S/C12H23N/c1-3-4-11-13(2)12-9-7-5-6-8-10-12/h3-4,12H,5-11H2,1-2H3/b4-3+. The molecule has 0 saturated heterocycles. The maximum absolute atomic E-state index is 2.51. The quantitative estimate of drug-likeness (QED) is 0.477. The molecule has 0 bridgehead atoms. The predicted molar refractivity (Wildman–Crippen MR) is 58.9 cm³/mol. The SMILES string of the molecule is C/C=C/CN(C)C1CCCCCC1. The van der Waals surface area contributed by atoms with Gasteiger partial charge in [-0.15, -0.1) is 0 Å². The highest BCUT2D eigenvalue weighted by Crippen LogP contribution is 2.20. The second-order valence-corrected chi connectivity index (χ2v) is 4.15. The van der Waals surface area contributed by atoms with Gasteiger partial charge in [0.05, 0.1) is 0 Å². The molecule has 0 amide bonds. The van der Waals surface area contributed by atoms with Crippen LogP contribution in [0.25, 0.3) is 0 Å². The molecule has 0 atom stereocenters. The highest BCUT2D eigenvalue weighted by atomic mass is 15.1. The highest BCUT2D eigenvalue weighted by molar-refractivity contribution is 4.83. The van der Waals surface area contributed by atoms with Crippen molar-refractivity contribution in [3.63, 3.8) is 0 Å². The van der Waals surface area contributed by atoms with Crippen molar-refractivity contribution < 1.29 is 0 Å². The van der Waals surface area contributed by atoms with Crippen molar-refractivity contribution in [3.8, 4) is 0 Å². The van der Waals surface area contributed by atoms with Gasteiger partial charge in [-0.3, -0.25) is 4.90 Å². The third-order valence-corrected chi connectivity index (χ3v) is 3.08. The first-order valence-corrected chi connectivity index (χ1v) is 5.66. The van der Waals surface area contributed by atoms with Gasteiger partial charge in [0.15, 0.2) is 0 Å². The molecule has 0 heterocycles. The summed E-state index contributed by atoms with van der Waals surface area (Å²) in [5.74, 6) is 0. The van der Waals surface area contributed by atoms with Gasteiger partial charge in [-0.1, -0.05) is 37.8 Å². The van der Waals surface area contributed by atoms with Gasteiger partial charge >= 0.3 is 0 Å². The molecular formula is C12H23N. The van der Waals surface area contributed by atoms with Gasteiger partial charge in [0.1, 0.15) is 0 Å². The van der Waals surface area contributed by atoms with Gasteiger partial charge in [-0.05, 0) is 26.8 Å². The van der Waals surface area contributed by atoms with Gasteiger partial charge in [-0.25, -0.2) is 0 Å². The highest BCUT2D eigenvalue weighted by Gasteiger charge is 2.15. The van der Waals surface area contributed by atoms with E-state index < -0.39 is 0 Å². The lowest BCUT2D eigenvalue weighted by Crippen LogP contribution is -2.31. The van der Waals surface area contributed by atoms with E-state index in [9.17, 15) is 0 Å². The lowest BCUT2D eigenvalue weighted by molar-refractivity contribution is 0.242. The zero-order valence-electron chi connectivity index (χ0n) is 9.13. The summed E-state index contributed by atoms with van der Waals surface area (Å²) in [5, 5.41) is 0. The summed E-state index contributed by atoms with van der Waals surface area (Å²) in [6.07, 6.45) is 13.0. The summed E-state index contributed by atoms with van der Waals surface area (Å²) < 4.78 is 0. The molecule has 0 radical (unpaired) electrons. The Kier molecular flexibility index (Phi) is 5.14. The molecule has 0 aromatic carbocycles. The molecule has 1 rings (SSSR count). The number of hydrogen-bond acceptors (Lipinski definition) is 1. The van der Waals surface area contributed by atoms with E-state index >= 15 is 0 Å². The number of hydrogen-bond donors (Lipinski definition) is 0. The molecule has 0 spiro atoms. The van der Waals surface area contributed by atoms with Crippen LogP contribution in [0, 0.1) is 0 Å². The third kappa shape index (κ3) is 3.95. The van der Waals surface area contributed by atoms with E-state index in [1.165, 1.54) is 38.5 Å². The average molecular weight is 181 g/mol. The first-order chi connectivity index (χ1) is 6.34. The molecule has 0 aliphatic heterocycles. The predicted octanol–water partition coefficient (Wildman–Crippen LogP) is 3.22. The Bertz CT molecular complexity index is 143. The van der Waals surface area contributed by atoms with Crippen LogP contribution in [0.3, 0.4) is 0 Å². The Hall–Kier alpha value is -0.300. The van der Waals surface area contributed by atoms with E-state index in [1.807, 2.05) is 0 Å². The Balaban J connectivity index is 2.30. The van der Waals surface area contributed by atoms with Crippen molar-refractivity contribution in [2.24, 2.45) is 0 Å². The lowest BCUT2D eigenvalue weighted by Gasteiger charge is -2.25. The number of likely N-dealkylation sites (N-methyl/N-ethyl adjacent to an activating group) is 1. The zero-order valence-corrected chi connectivity index (χ0v) is 9.13. The second-order valence-electron chi connectivity index (χ2n) is 4.15. The molecule has 1 saturated carbocycles. The van der Waals surface area contributed by atoms with Crippen LogP contribution in [0.5, 0.6) is 0 Å². The average Bonchev–Trinajstić information content (AvgIpc) is 2.42. The van der Waals surface area contributed by atoms with Crippen LogP contribution >= 0.6 is 0 Å². The summed E-state index contributed by atoms with van der Waals surface area (Å²) in [6, 6.07) is 0.846. The molecule has 1 nitrogen and oxygen atoms in total. The van der Waals surface area contributed by atoms with Crippen LogP contribution in [-0.2, 0) is 0 Å². The third-order valence-electron chi connectivity index (χ3n) is 3.08. The lowest BCUT2D eigenvalue weighted by atomic mass is 10.1. The van der Waals surface area contributed by atoms with Crippen molar-refractivity contribution in [3.05, 3.63) is 12.2 Å². The molecule has 1 fully saturated rings. The van der Waals surface area contributed by atoms with Gasteiger partial charge in [0.25, 0.3) is 0 Å². The van der Waals surface area contributed by atoms with Crippen molar-refractivity contribution in [2.75, 3.05) is 13.6 Å². The van der Waals surface area contributed by atoms with Crippen LogP contribution in [0.1, 0.15) is 45.4 Å². The summed E-state index contributed by atoms with van der Waals surface area (Å²) in [7, 11) is 2.26. The number of allylic oxidation sites excluding steroid dienone is 1. The van der Waals surface area contributed by atoms with Crippen LogP contribution in [0.15, 0.2) is 12.2 Å². The van der Waals surface area contributed by atoms with E-state index in [-0.39, 0.29) is 0 Å². The largest absolute Gasteiger partial charge is 0.300 e. The normalized spacial score (nSPS) is 21.2. The van der Waals surface area contributed by atoms with E-state index in [2.05, 4.69) is 31.0 Å². The Morgan fingerprint density at radius 2 is 1.77 bits per heavy atom. The molecule has 13 heavy (non-hydrogen) atoms. The topological polar surface area (TPSA) is 3.24 Å². The molecular weight excluding hydrogens is 158 g/mol. The monoisotopic (exact) mass is 181 g/mol. The molecule has 0 N–H and O–H groups in total. The molecule has 1 aliphatic carbocycles. The van der Waals surface area contributed by atoms with Gasteiger partial charge in [-0.2, -0.15) is 0 Å². The van der Waals surface area contributed by atoms with Crippen molar-refractivity contribution in [1.29, 1.82) is 0 Å². The minimum atomic E-state index is 0.846. The molecule has 1 aliphatic rings. The fraction of sp³-hybridized carbons (Fsp3) is 0.833. The van der Waals surface area contributed by atoms with Crippen LogP contribution in [0.4, 0.5) is 0 Å². The van der Waals surface area contributed by atoms with Crippen LogP contribution < -0.4 is 0 Å². The Morgan fingerprint density at radius 1 is 1.15 bits per heavy atom. The summed E-state index contributed by atoms with van der Waals surface area (Å²) in [6.45, 7) is 3.22. The maximum atomic E-state index is 2.51. The molecule has 76 valence electrons. The molecule has 0 unspecified atom stereocenters. The van der Waals surface area contributed by atoms with Crippen LogP contribution in [0.2, 0.25) is 0 Å². The smallest absolute Gasteiger partial charge is 0.0162 e. The van der Waals surface area contributed by atoms with Gasteiger partial charge in [0.2, 0.25) is 0 Å². The molecule has 1 heteroatoms. The first kappa shape index (κ1) is 10.8. The van der Waals surface area contributed by atoms with E-state index in [0.29, 0.717) is 0 Å². The Labute approximate surface area is 82.8 Å². The molecule has 0 aromatic heterocycles. The van der Waals surface area contributed by atoms with Gasteiger partial charge < -0.3 is 0 Å². The molecule has 0 aromatic rings. The van der Waals surface area contributed by atoms with Crippen molar-refractivity contribution >= 4 is 0 Å². The van der Waals surface area contributed by atoms with Crippen molar-refractivity contribution in [1.82, 2.24) is 4.90 Å². The van der Waals surface area contributed by atoms with E-state index in [4.69, 9.17) is 0 Å². The summed E-state index contributed by atoms with van der Waals surface area (Å²) >= 11 is 0. The fourth-order valence-corrected chi connectivity index (χ4v) is 2.12. The first-order valence-electron chi connectivity index (χ1n) is 5.66. The number of rotatable bonds is 3. The summed E-state index contributed by atoms with van der Waals surface area (Å²) in [4.78, 5) is 2.51. The minimum Gasteiger partial charge on any atom is -0.300 e.